The molecule has 0 bridgehead atoms. The largest absolute Gasteiger partial charge is 0.376 e. The molecule has 8 heteroatoms. The molecule has 2 aromatic heterocycles. The number of carbonyl (C=O) groups is 1. The molecule has 182 valence electrons. The predicted octanol–water partition coefficient (Wildman–Crippen LogP) is 5.29. The van der Waals surface area contributed by atoms with E-state index in [0.29, 0.717) is 35.8 Å². The van der Waals surface area contributed by atoms with Gasteiger partial charge in [-0.25, -0.2) is 4.98 Å². The van der Waals surface area contributed by atoms with Crippen LogP contribution in [0.1, 0.15) is 36.8 Å². The van der Waals surface area contributed by atoms with E-state index in [1.807, 2.05) is 36.4 Å². The lowest BCUT2D eigenvalue weighted by molar-refractivity contribution is -0.121. The van der Waals surface area contributed by atoms with Crippen LogP contribution >= 0.6 is 23.1 Å². The maximum atomic E-state index is 13.6. The first-order valence-electron chi connectivity index (χ1n) is 12.1. The lowest BCUT2D eigenvalue weighted by atomic mass is 10.1. The van der Waals surface area contributed by atoms with Crippen molar-refractivity contribution in [2.24, 2.45) is 0 Å². The van der Waals surface area contributed by atoms with Gasteiger partial charge in [0.15, 0.2) is 5.16 Å². The van der Waals surface area contributed by atoms with Crippen LogP contribution in [0.25, 0.3) is 20.3 Å². The van der Waals surface area contributed by atoms with Crippen molar-refractivity contribution in [3.05, 3.63) is 70.0 Å². The Morgan fingerprint density at radius 2 is 2.06 bits per heavy atom. The van der Waals surface area contributed by atoms with E-state index in [0.717, 1.165) is 40.8 Å². The van der Waals surface area contributed by atoms with Crippen LogP contribution in [0.2, 0.25) is 0 Å². The van der Waals surface area contributed by atoms with E-state index in [1.54, 1.807) is 16.3 Å². The highest BCUT2D eigenvalue weighted by molar-refractivity contribution is 7.98. The summed E-state index contributed by atoms with van der Waals surface area (Å²) in [5, 5.41) is 4.69. The van der Waals surface area contributed by atoms with Crippen LogP contribution in [0.3, 0.4) is 0 Å². The molecule has 4 aromatic rings. The molecule has 1 atom stereocenters. The summed E-state index contributed by atoms with van der Waals surface area (Å²) in [5.41, 5.74) is 3.19. The lowest BCUT2D eigenvalue weighted by Crippen LogP contribution is -2.32. The summed E-state index contributed by atoms with van der Waals surface area (Å²) in [6.07, 6.45) is 3.13. The third-order valence-corrected chi connectivity index (χ3v) is 8.57. The number of aryl methyl sites for hydroxylation is 1. The Kier molecular flexibility index (Phi) is 7.51. The summed E-state index contributed by atoms with van der Waals surface area (Å²) in [6.45, 7) is 3.89. The zero-order valence-corrected chi connectivity index (χ0v) is 21.4. The van der Waals surface area contributed by atoms with Crippen LogP contribution in [0.5, 0.6) is 0 Å². The lowest BCUT2D eigenvalue weighted by Gasteiger charge is -2.13. The van der Waals surface area contributed by atoms with Crippen LogP contribution in [0, 0.1) is 6.92 Å². The fourth-order valence-corrected chi connectivity index (χ4v) is 6.58. The third kappa shape index (κ3) is 5.44. The molecule has 1 saturated heterocycles. The molecule has 1 aliphatic rings. The van der Waals surface area contributed by atoms with Gasteiger partial charge >= 0.3 is 0 Å². The Morgan fingerprint density at radius 3 is 2.89 bits per heavy atom. The Morgan fingerprint density at radius 1 is 1.23 bits per heavy atom. The summed E-state index contributed by atoms with van der Waals surface area (Å²) >= 11 is 3.07. The highest BCUT2D eigenvalue weighted by Gasteiger charge is 2.18. The number of ether oxygens (including phenoxy) is 1. The van der Waals surface area contributed by atoms with E-state index in [1.165, 1.54) is 22.5 Å². The van der Waals surface area contributed by atoms with Crippen molar-refractivity contribution in [2.75, 3.05) is 13.2 Å². The Labute approximate surface area is 212 Å². The van der Waals surface area contributed by atoms with Gasteiger partial charge in [-0.1, -0.05) is 54.2 Å². The van der Waals surface area contributed by atoms with Crippen molar-refractivity contribution in [3.63, 3.8) is 0 Å². The van der Waals surface area contributed by atoms with E-state index < -0.39 is 0 Å². The number of aromatic nitrogens is 2. The second kappa shape index (κ2) is 10.9. The first-order valence-corrected chi connectivity index (χ1v) is 13.9. The molecule has 35 heavy (non-hydrogen) atoms. The highest BCUT2D eigenvalue weighted by atomic mass is 32.2. The van der Waals surface area contributed by atoms with Gasteiger partial charge in [-0.3, -0.25) is 14.2 Å². The van der Waals surface area contributed by atoms with Crippen LogP contribution in [-0.4, -0.2) is 34.7 Å². The molecule has 1 fully saturated rings. The molecule has 2 aromatic carbocycles. The quantitative estimate of drug-likeness (QED) is 0.246. The molecule has 1 aliphatic heterocycles. The first-order chi connectivity index (χ1) is 17.1. The van der Waals surface area contributed by atoms with Gasteiger partial charge in [-0.15, -0.1) is 11.3 Å². The molecule has 1 amide bonds. The van der Waals surface area contributed by atoms with E-state index in [-0.39, 0.29) is 17.6 Å². The third-order valence-electron chi connectivity index (χ3n) is 6.40. The number of carbonyl (C=O) groups excluding carboxylic acids is 1. The van der Waals surface area contributed by atoms with Crippen LogP contribution < -0.4 is 10.9 Å². The second-order valence-electron chi connectivity index (χ2n) is 8.88. The smallest absolute Gasteiger partial charge is 0.272 e. The van der Waals surface area contributed by atoms with Crippen molar-refractivity contribution in [1.82, 2.24) is 14.9 Å². The molecule has 3 heterocycles. The standard InChI is InChI=1S/C27H29N3O3S2/c1-18-8-2-3-9-19(18)17-34-27-29-24-21-11-4-5-12-22(21)35-25(24)26(32)30(27)14-6-13-23(31)28-16-20-10-7-15-33-20/h2-5,8-9,11-12,20H,6-7,10,13-17H2,1H3,(H,28,31)/t20-/m0/s1. The maximum absolute atomic E-state index is 13.6. The SMILES string of the molecule is Cc1ccccc1CSc1nc2c(sc3ccccc32)c(=O)n1CCCC(=O)NC[C@@H]1CCCO1. The van der Waals surface area contributed by atoms with Crippen molar-refractivity contribution in [1.29, 1.82) is 0 Å². The molecule has 0 aliphatic carbocycles. The van der Waals surface area contributed by atoms with Crippen LogP contribution in [-0.2, 0) is 21.8 Å². The molecule has 5 rings (SSSR count). The molecular weight excluding hydrogens is 478 g/mol. The number of amides is 1. The molecule has 0 saturated carbocycles. The second-order valence-corrected chi connectivity index (χ2v) is 10.9. The van der Waals surface area contributed by atoms with E-state index >= 15 is 0 Å². The van der Waals surface area contributed by atoms with Crippen molar-refractivity contribution in [3.8, 4) is 0 Å². The number of hydrogen-bond acceptors (Lipinski definition) is 6. The van der Waals surface area contributed by atoms with Gasteiger partial charge in [0, 0.05) is 42.0 Å². The minimum atomic E-state index is -0.0248. The molecule has 0 unspecified atom stereocenters. The number of thioether (sulfide) groups is 1. The van der Waals surface area contributed by atoms with Crippen molar-refractivity contribution in [2.45, 2.75) is 56.2 Å². The van der Waals surface area contributed by atoms with E-state index in [2.05, 4.69) is 24.4 Å². The van der Waals surface area contributed by atoms with Gasteiger partial charge < -0.3 is 10.1 Å². The monoisotopic (exact) mass is 507 g/mol. The Balaban J connectivity index is 1.37. The average Bonchev–Trinajstić information content (AvgIpc) is 3.52. The number of nitrogens with one attached hydrogen (secondary N) is 1. The van der Waals surface area contributed by atoms with Gasteiger partial charge in [-0.05, 0) is 43.4 Å². The summed E-state index contributed by atoms with van der Waals surface area (Å²) < 4.78 is 9.07. The number of rotatable bonds is 9. The van der Waals surface area contributed by atoms with Gasteiger partial charge in [0.1, 0.15) is 4.70 Å². The summed E-state index contributed by atoms with van der Waals surface area (Å²) in [4.78, 5) is 30.9. The topological polar surface area (TPSA) is 73.2 Å². The summed E-state index contributed by atoms with van der Waals surface area (Å²) in [5.74, 6) is 0.729. The van der Waals surface area contributed by atoms with Gasteiger partial charge in [-0.2, -0.15) is 0 Å². The van der Waals surface area contributed by atoms with E-state index in [9.17, 15) is 9.59 Å². The Hall–Kier alpha value is -2.68. The van der Waals surface area contributed by atoms with E-state index in [4.69, 9.17) is 9.72 Å². The zero-order valence-electron chi connectivity index (χ0n) is 19.8. The fraction of sp³-hybridized carbons (Fsp3) is 0.370. The first kappa shape index (κ1) is 24.0. The van der Waals surface area contributed by atoms with Gasteiger partial charge in [0.2, 0.25) is 5.91 Å². The normalized spacial score (nSPS) is 15.7. The molecular formula is C27H29N3O3S2. The van der Waals surface area contributed by atoms with Gasteiger partial charge in [0.05, 0.1) is 11.6 Å². The highest BCUT2D eigenvalue weighted by Crippen LogP contribution is 2.32. The van der Waals surface area contributed by atoms with Crippen LogP contribution in [0.15, 0.2) is 58.5 Å². The maximum Gasteiger partial charge on any atom is 0.272 e. The molecule has 1 N–H and O–H groups in total. The number of nitrogens with zero attached hydrogens (tertiary/aromatic N) is 2. The number of hydrogen-bond donors (Lipinski definition) is 1. The number of thiophene rings is 1. The minimum Gasteiger partial charge on any atom is -0.376 e. The Bertz CT molecular complexity index is 1410. The molecule has 0 spiro atoms. The molecule has 6 nitrogen and oxygen atoms in total. The fourth-order valence-electron chi connectivity index (χ4n) is 4.39. The predicted molar refractivity (Wildman–Crippen MR) is 143 cm³/mol. The minimum absolute atomic E-state index is 0.00133. The van der Waals surface area contributed by atoms with Crippen molar-refractivity contribution >= 4 is 49.3 Å². The van der Waals surface area contributed by atoms with Crippen LogP contribution in [0.4, 0.5) is 0 Å². The number of fused-ring (bicyclic) bond motifs is 3. The van der Waals surface area contributed by atoms with Crippen molar-refractivity contribution < 1.29 is 9.53 Å². The summed E-state index contributed by atoms with van der Waals surface area (Å²) in [7, 11) is 0. The van der Waals surface area contributed by atoms with Gasteiger partial charge in [0.25, 0.3) is 5.56 Å². The molecule has 0 radical (unpaired) electrons. The number of benzene rings is 2. The zero-order chi connectivity index (χ0) is 24.2. The average molecular weight is 508 g/mol. The summed E-state index contributed by atoms with van der Waals surface area (Å²) in [6, 6.07) is 16.3.